The lowest BCUT2D eigenvalue weighted by Crippen LogP contribution is -2.54. The lowest BCUT2D eigenvalue weighted by molar-refractivity contribution is 0.0412. The Balaban J connectivity index is 2.81. The molecule has 0 aliphatic rings. The maximum absolute atomic E-state index is 9.21. The highest BCUT2D eigenvalue weighted by Gasteiger charge is 2.27. The molecule has 102 valence electrons. The summed E-state index contributed by atoms with van der Waals surface area (Å²) in [5, 5.41) is 30.6. The van der Waals surface area contributed by atoms with Crippen LogP contribution in [0.3, 0.4) is 0 Å². The second-order valence-electron chi connectivity index (χ2n) is 4.06. The van der Waals surface area contributed by atoms with Gasteiger partial charge in [-0.2, -0.15) is 0 Å². The van der Waals surface area contributed by atoms with E-state index < -0.39 is 5.54 Å². The monoisotopic (exact) mass is 319 g/mol. The highest BCUT2D eigenvalue weighted by molar-refractivity contribution is 9.10. The lowest BCUT2D eigenvalue weighted by Gasteiger charge is -2.29. The van der Waals surface area contributed by atoms with Gasteiger partial charge in [-0.15, -0.1) is 0 Å². The van der Waals surface area contributed by atoms with Crippen molar-refractivity contribution in [1.82, 2.24) is 5.32 Å². The fourth-order valence-corrected chi connectivity index (χ4v) is 1.89. The summed E-state index contributed by atoms with van der Waals surface area (Å²) < 4.78 is 6.12. The van der Waals surface area contributed by atoms with Crippen LogP contribution in [0.15, 0.2) is 22.7 Å². The molecule has 0 spiro atoms. The molecule has 0 heterocycles. The normalized spacial score (nSPS) is 11.6. The molecule has 0 aliphatic heterocycles. The Kier molecular flexibility index (Phi) is 6.04. The molecule has 4 N–H and O–H groups in total. The minimum absolute atomic E-state index is 0.351. The third-order valence-electron chi connectivity index (χ3n) is 2.80. The van der Waals surface area contributed by atoms with Crippen molar-refractivity contribution in [3.05, 3.63) is 28.2 Å². The third-order valence-corrected chi connectivity index (χ3v) is 3.30. The lowest BCUT2D eigenvalue weighted by atomic mass is 10.0. The fourth-order valence-electron chi connectivity index (χ4n) is 1.49. The van der Waals surface area contributed by atoms with Gasteiger partial charge in [0.15, 0.2) is 0 Å². The molecule has 0 saturated carbocycles. The van der Waals surface area contributed by atoms with Crippen LogP contribution in [-0.4, -0.2) is 47.8 Å². The average molecular weight is 320 g/mol. The number of aliphatic hydroxyl groups excluding tert-OH is 3. The first kappa shape index (κ1) is 15.4. The van der Waals surface area contributed by atoms with Crippen LogP contribution in [0, 0.1) is 0 Å². The molecule has 0 aliphatic carbocycles. The smallest absolute Gasteiger partial charge is 0.123 e. The summed E-state index contributed by atoms with van der Waals surface area (Å²) in [6.45, 7) is -0.687. The number of benzene rings is 1. The second-order valence-corrected chi connectivity index (χ2v) is 4.98. The van der Waals surface area contributed by atoms with E-state index in [2.05, 4.69) is 21.2 Å². The number of halogens is 1. The van der Waals surface area contributed by atoms with E-state index in [-0.39, 0.29) is 19.8 Å². The number of nitrogens with one attached hydrogen (secondary N) is 1. The van der Waals surface area contributed by atoms with E-state index in [9.17, 15) is 15.3 Å². The molecule has 0 aromatic heterocycles. The highest BCUT2D eigenvalue weighted by atomic mass is 79.9. The van der Waals surface area contributed by atoms with E-state index in [1.54, 1.807) is 7.11 Å². The van der Waals surface area contributed by atoms with Gasteiger partial charge in [0.25, 0.3) is 0 Å². The van der Waals surface area contributed by atoms with E-state index in [1.165, 1.54) is 0 Å². The molecule has 0 atom stereocenters. The van der Waals surface area contributed by atoms with E-state index in [0.29, 0.717) is 12.3 Å². The van der Waals surface area contributed by atoms with Crippen molar-refractivity contribution < 1.29 is 20.1 Å². The number of aliphatic hydroxyl groups is 3. The van der Waals surface area contributed by atoms with Crippen LogP contribution in [0.2, 0.25) is 0 Å². The van der Waals surface area contributed by atoms with Gasteiger partial charge in [-0.3, -0.25) is 0 Å². The fraction of sp³-hybridized carbons (Fsp3) is 0.500. The quantitative estimate of drug-likeness (QED) is 0.580. The summed E-state index contributed by atoms with van der Waals surface area (Å²) in [7, 11) is 1.57. The Morgan fingerprint density at radius 3 is 2.33 bits per heavy atom. The molecule has 1 aromatic carbocycles. The van der Waals surface area contributed by atoms with Gasteiger partial charge in [0.05, 0.1) is 32.5 Å². The maximum Gasteiger partial charge on any atom is 0.123 e. The molecule has 0 amide bonds. The Labute approximate surface area is 115 Å². The average Bonchev–Trinajstić information content (AvgIpc) is 2.41. The minimum Gasteiger partial charge on any atom is -0.496 e. The highest BCUT2D eigenvalue weighted by Crippen LogP contribution is 2.23. The van der Waals surface area contributed by atoms with Crippen molar-refractivity contribution in [1.29, 1.82) is 0 Å². The van der Waals surface area contributed by atoms with Gasteiger partial charge in [0, 0.05) is 16.6 Å². The van der Waals surface area contributed by atoms with Crippen LogP contribution in [0.25, 0.3) is 0 Å². The molecule has 0 fully saturated rings. The topological polar surface area (TPSA) is 82.0 Å². The van der Waals surface area contributed by atoms with Crippen molar-refractivity contribution >= 4 is 15.9 Å². The molecule has 1 aromatic rings. The number of ether oxygens (including phenoxy) is 1. The first-order valence-corrected chi connectivity index (χ1v) is 6.30. The molecule has 0 bridgehead atoms. The maximum atomic E-state index is 9.21. The van der Waals surface area contributed by atoms with E-state index in [4.69, 9.17) is 4.74 Å². The SMILES string of the molecule is COc1ccc(Br)cc1CNC(CO)(CO)CO. The second kappa shape index (κ2) is 7.06. The summed E-state index contributed by atoms with van der Waals surface area (Å²) in [5.74, 6) is 0.702. The summed E-state index contributed by atoms with van der Waals surface area (Å²) in [4.78, 5) is 0. The first-order valence-electron chi connectivity index (χ1n) is 5.51. The zero-order valence-electron chi connectivity index (χ0n) is 10.2. The van der Waals surface area contributed by atoms with Crippen LogP contribution < -0.4 is 10.1 Å². The van der Waals surface area contributed by atoms with E-state index in [0.717, 1.165) is 10.0 Å². The van der Waals surface area contributed by atoms with Crippen LogP contribution >= 0.6 is 15.9 Å². The zero-order chi connectivity index (χ0) is 13.6. The predicted molar refractivity (Wildman–Crippen MR) is 71.5 cm³/mol. The minimum atomic E-state index is -1.09. The van der Waals surface area contributed by atoms with Crippen LogP contribution in [0.1, 0.15) is 5.56 Å². The molecule has 6 heteroatoms. The number of hydrogen-bond acceptors (Lipinski definition) is 5. The van der Waals surface area contributed by atoms with E-state index >= 15 is 0 Å². The van der Waals surface area contributed by atoms with Gasteiger partial charge < -0.3 is 25.4 Å². The number of methoxy groups -OCH3 is 1. The summed E-state index contributed by atoms with van der Waals surface area (Å²) in [5.41, 5.74) is -0.223. The van der Waals surface area contributed by atoms with Crippen molar-refractivity contribution in [2.75, 3.05) is 26.9 Å². The Bertz CT molecular complexity index is 374. The van der Waals surface area contributed by atoms with Gasteiger partial charge in [-0.05, 0) is 18.2 Å². The Hall–Kier alpha value is -0.660. The molecule has 0 radical (unpaired) electrons. The van der Waals surface area contributed by atoms with Gasteiger partial charge in [0.2, 0.25) is 0 Å². The standard InChI is InChI=1S/C12H18BrNO4/c1-18-11-3-2-10(13)4-9(11)5-14-12(6-15,7-16)8-17/h2-4,14-17H,5-8H2,1H3. The molecule has 5 nitrogen and oxygen atoms in total. The van der Waals surface area contributed by atoms with Crippen molar-refractivity contribution in [2.45, 2.75) is 12.1 Å². The van der Waals surface area contributed by atoms with Gasteiger partial charge in [0.1, 0.15) is 5.75 Å². The first-order chi connectivity index (χ1) is 8.60. The number of hydrogen-bond donors (Lipinski definition) is 4. The summed E-state index contributed by atoms with van der Waals surface area (Å²) >= 11 is 3.37. The molecular formula is C12H18BrNO4. The van der Waals surface area contributed by atoms with Crippen LogP contribution in [0.5, 0.6) is 5.75 Å². The van der Waals surface area contributed by atoms with Gasteiger partial charge in [-0.1, -0.05) is 15.9 Å². The largest absolute Gasteiger partial charge is 0.496 e. The summed E-state index contributed by atoms with van der Waals surface area (Å²) in [6.07, 6.45) is 0. The van der Waals surface area contributed by atoms with Crippen molar-refractivity contribution in [3.8, 4) is 5.75 Å². The molecule has 0 unspecified atom stereocenters. The van der Waals surface area contributed by atoms with Crippen molar-refractivity contribution in [2.24, 2.45) is 0 Å². The molecular weight excluding hydrogens is 302 g/mol. The number of rotatable bonds is 7. The van der Waals surface area contributed by atoms with Crippen LogP contribution in [0.4, 0.5) is 0 Å². The van der Waals surface area contributed by atoms with Crippen LogP contribution in [-0.2, 0) is 6.54 Å². The molecule has 0 saturated heterocycles. The Morgan fingerprint density at radius 1 is 1.22 bits per heavy atom. The molecule has 18 heavy (non-hydrogen) atoms. The Morgan fingerprint density at radius 2 is 1.83 bits per heavy atom. The summed E-state index contributed by atoms with van der Waals surface area (Å²) in [6, 6.07) is 5.56. The molecule has 1 rings (SSSR count). The third kappa shape index (κ3) is 3.66. The predicted octanol–water partition coefficient (Wildman–Crippen LogP) is 0.263. The zero-order valence-corrected chi connectivity index (χ0v) is 11.8. The van der Waals surface area contributed by atoms with Crippen molar-refractivity contribution in [3.63, 3.8) is 0 Å². The van der Waals surface area contributed by atoms with E-state index in [1.807, 2.05) is 18.2 Å². The van der Waals surface area contributed by atoms with Gasteiger partial charge >= 0.3 is 0 Å². The van der Waals surface area contributed by atoms with Gasteiger partial charge in [-0.25, -0.2) is 0 Å².